The molecule has 0 aliphatic carbocycles. The molecule has 0 bridgehead atoms. The fraction of sp³-hybridized carbons (Fsp3) is 0.462. The van der Waals surface area contributed by atoms with Crippen LogP contribution in [0.3, 0.4) is 0 Å². The zero-order valence-corrected chi connectivity index (χ0v) is 11.1. The molecule has 1 aliphatic rings. The lowest BCUT2D eigenvalue weighted by atomic mass is 9.99. The van der Waals surface area contributed by atoms with Crippen LogP contribution in [0.25, 0.3) is 0 Å². The van der Waals surface area contributed by atoms with Gasteiger partial charge in [-0.2, -0.15) is 0 Å². The second-order valence-corrected chi connectivity index (χ2v) is 4.47. The van der Waals surface area contributed by atoms with Gasteiger partial charge in [0.25, 0.3) is 0 Å². The minimum absolute atomic E-state index is 0.0869. The molecule has 0 aromatic carbocycles. The van der Waals surface area contributed by atoms with Crippen LogP contribution in [0, 0.1) is 0 Å². The number of rotatable bonds is 5. The number of pyridine rings is 1. The molecule has 2 heterocycles. The van der Waals surface area contributed by atoms with Crippen LogP contribution in [-0.4, -0.2) is 47.4 Å². The summed E-state index contributed by atoms with van der Waals surface area (Å²) < 4.78 is 9.99. The van der Waals surface area contributed by atoms with Crippen molar-refractivity contribution in [1.82, 2.24) is 4.98 Å². The van der Waals surface area contributed by atoms with E-state index in [-0.39, 0.29) is 13.2 Å². The quantitative estimate of drug-likeness (QED) is 0.774. The summed E-state index contributed by atoms with van der Waals surface area (Å²) in [7, 11) is 0. The Bertz CT molecular complexity index is 494. The smallest absolute Gasteiger partial charge is 0.339 e. The largest absolute Gasteiger partial charge is 0.479 e. The minimum Gasteiger partial charge on any atom is -0.479 e. The summed E-state index contributed by atoms with van der Waals surface area (Å²) in [6, 6.07) is 3.09. The molecule has 1 unspecified atom stereocenters. The summed E-state index contributed by atoms with van der Waals surface area (Å²) in [5.41, 5.74) is -0.831. The zero-order chi connectivity index (χ0) is 14.6. The number of carbonyl (C=O) groups is 2. The lowest BCUT2D eigenvalue weighted by Crippen LogP contribution is -2.47. The van der Waals surface area contributed by atoms with Gasteiger partial charge in [0.1, 0.15) is 5.82 Å². The summed E-state index contributed by atoms with van der Waals surface area (Å²) in [4.78, 5) is 26.9. The van der Waals surface area contributed by atoms with E-state index >= 15 is 0 Å². The molecule has 0 amide bonds. The second kappa shape index (κ2) is 5.87. The molecule has 0 spiro atoms. The van der Waals surface area contributed by atoms with E-state index < -0.39 is 17.5 Å². The number of carbonyl (C=O) groups excluding carboxylic acids is 1. The lowest BCUT2D eigenvalue weighted by molar-refractivity contribution is -0.142. The van der Waals surface area contributed by atoms with Crippen molar-refractivity contribution in [2.24, 2.45) is 0 Å². The first kappa shape index (κ1) is 14.3. The fourth-order valence-electron chi connectivity index (χ4n) is 1.93. The van der Waals surface area contributed by atoms with E-state index in [1.54, 1.807) is 19.1 Å². The maximum Gasteiger partial charge on any atom is 0.339 e. The maximum absolute atomic E-state index is 11.5. The second-order valence-electron chi connectivity index (χ2n) is 4.47. The average molecular weight is 280 g/mol. The maximum atomic E-state index is 11.5. The predicted octanol–water partition coefficient (Wildman–Crippen LogP) is 0.914. The van der Waals surface area contributed by atoms with Crippen molar-refractivity contribution in [3.05, 3.63) is 23.9 Å². The molecule has 1 aliphatic heterocycles. The number of hydrogen-bond donors (Lipinski definition) is 2. The van der Waals surface area contributed by atoms with Gasteiger partial charge < -0.3 is 19.9 Å². The van der Waals surface area contributed by atoms with Gasteiger partial charge in [0.05, 0.1) is 18.8 Å². The van der Waals surface area contributed by atoms with Gasteiger partial charge in [-0.05, 0) is 19.1 Å². The highest BCUT2D eigenvalue weighted by molar-refractivity contribution is 5.89. The number of esters is 1. The van der Waals surface area contributed by atoms with E-state index in [2.05, 4.69) is 10.3 Å². The highest BCUT2D eigenvalue weighted by Gasteiger charge is 2.42. The lowest BCUT2D eigenvalue weighted by Gasteiger charge is -2.24. The van der Waals surface area contributed by atoms with Crippen molar-refractivity contribution in [3.8, 4) is 0 Å². The Morgan fingerprint density at radius 2 is 2.35 bits per heavy atom. The number of aliphatic carboxylic acids is 1. The van der Waals surface area contributed by atoms with Crippen molar-refractivity contribution in [2.75, 3.05) is 25.1 Å². The Hall–Kier alpha value is -2.15. The molecule has 1 fully saturated rings. The summed E-state index contributed by atoms with van der Waals surface area (Å²) in [5.74, 6) is -1.05. The number of anilines is 1. The summed E-state index contributed by atoms with van der Waals surface area (Å²) in [5, 5.41) is 12.2. The van der Waals surface area contributed by atoms with Crippen LogP contribution in [0.5, 0.6) is 0 Å². The Balaban J connectivity index is 2.10. The van der Waals surface area contributed by atoms with Crippen molar-refractivity contribution in [1.29, 1.82) is 0 Å². The number of aromatic nitrogens is 1. The molecule has 2 N–H and O–H groups in total. The standard InChI is InChI=1S/C13H16N2O5/c1-2-20-11(16)9-3-4-10(14-7-9)15-13(12(17)18)5-6-19-8-13/h3-4,7H,2,5-6,8H2,1H3,(H,14,15)(H,17,18). The van der Waals surface area contributed by atoms with E-state index in [4.69, 9.17) is 9.47 Å². The third-order valence-corrected chi connectivity index (χ3v) is 3.07. The van der Waals surface area contributed by atoms with Gasteiger partial charge in [0, 0.05) is 19.2 Å². The molecule has 20 heavy (non-hydrogen) atoms. The molecule has 1 aromatic rings. The summed E-state index contributed by atoms with van der Waals surface area (Å²) >= 11 is 0. The van der Waals surface area contributed by atoms with Crippen LogP contribution in [0.2, 0.25) is 0 Å². The van der Waals surface area contributed by atoms with Gasteiger partial charge in [-0.3, -0.25) is 0 Å². The topological polar surface area (TPSA) is 97.8 Å². The number of carboxylic acids is 1. The van der Waals surface area contributed by atoms with Crippen LogP contribution in [0.1, 0.15) is 23.7 Å². The number of nitrogens with one attached hydrogen (secondary N) is 1. The van der Waals surface area contributed by atoms with Gasteiger partial charge in [0.15, 0.2) is 5.54 Å². The molecule has 0 radical (unpaired) electrons. The minimum atomic E-state index is -1.15. The van der Waals surface area contributed by atoms with E-state index in [0.29, 0.717) is 24.4 Å². The molecule has 7 nitrogen and oxygen atoms in total. The number of hydrogen-bond acceptors (Lipinski definition) is 6. The average Bonchev–Trinajstić information content (AvgIpc) is 2.90. The Labute approximate surface area is 115 Å². The third kappa shape index (κ3) is 2.88. The first-order chi connectivity index (χ1) is 9.57. The van der Waals surface area contributed by atoms with Crippen molar-refractivity contribution in [2.45, 2.75) is 18.9 Å². The van der Waals surface area contributed by atoms with Crippen LogP contribution < -0.4 is 5.32 Å². The van der Waals surface area contributed by atoms with Gasteiger partial charge in [0.2, 0.25) is 0 Å². The van der Waals surface area contributed by atoms with Crippen LogP contribution in [-0.2, 0) is 14.3 Å². The van der Waals surface area contributed by atoms with Crippen molar-refractivity contribution < 1.29 is 24.2 Å². The third-order valence-electron chi connectivity index (χ3n) is 3.07. The number of carboxylic acid groups (broad SMARTS) is 1. The molecule has 108 valence electrons. The normalized spacial score (nSPS) is 21.4. The van der Waals surface area contributed by atoms with Crippen molar-refractivity contribution >= 4 is 17.8 Å². The number of ether oxygens (including phenoxy) is 2. The van der Waals surface area contributed by atoms with Gasteiger partial charge in [-0.15, -0.1) is 0 Å². The van der Waals surface area contributed by atoms with Crippen LogP contribution in [0.15, 0.2) is 18.3 Å². The van der Waals surface area contributed by atoms with E-state index in [1.807, 2.05) is 0 Å². The predicted molar refractivity (Wildman–Crippen MR) is 69.6 cm³/mol. The fourth-order valence-corrected chi connectivity index (χ4v) is 1.93. The SMILES string of the molecule is CCOC(=O)c1ccc(NC2(C(=O)O)CCOC2)nc1. The summed E-state index contributed by atoms with van der Waals surface area (Å²) in [6.45, 7) is 2.49. The highest BCUT2D eigenvalue weighted by atomic mass is 16.5. The van der Waals surface area contributed by atoms with Gasteiger partial charge in [-0.25, -0.2) is 14.6 Å². The molecular formula is C13H16N2O5. The molecule has 7 heteroatoms. The molecule has 2 rings (SSSR count). The highest BCUT2D eigenvalue weighted by Crippen LogP contribution is 2.24. The first-order valence-corrected chi connectivity index (χ1v) is 6.30. The molecule has 1 atom stereocenters. The molecule has 1 saturated heterocycles. The molecular weight excluding hydrogens is 264 g/mol. The van der Waals surface area contributed by atoms with E-state index in [9.17, 15) is 14.7 Å². The number of nitrogens with zero attached hydrogens (tertiary/aromatic N) is 1. The molecule has 0 saturated carbocycles. The summed E-state index contributed by atoms with van der Waals surface area (Å²) in [6.07, 6.45) is 1.72. The van der Waals surface area contributed by atoms with Crippen LogP contribution in [0.4, 0.5) is 5.82 Å². The zero-order valence-electron chi connectivity index (χ0n) is 11.1. The van der Waals surface area contributed by atoms with E-state index in [1.165, 1.54) is 6.20 Å². The van der Waals surface area contributed by atoms with Crippen molar-refractivity contribution in [3.63, 3.8) is 0 Å². The first-order valence-electron chi connectivity index (χ1n) is 6.30. The Kier molecular flexibility index (Phi) is 4.19. The van der Waals surface area contributed by atoms with Gasteiger partial charge >= 0.3 is 11.9 Å². The van der Waals surface area contributed by atoms with Gasteiger partial charge in [-0.1, -0.05) is 0 Å². The van der Waals surface area contributed by atoms with E-state index in [0.717, 1.165) is 0 Å². The molecule has 1 aromatic heterocycles. The monoisotopic (exact) mass is 280 g/mol. The Morgan fingerprint density at radius 3 is 2.85 bits per heavy atom. The Morgan fingerprint density at radius 1 is 1.55 bits per heavy atom. The van der Waals surface area contributed by atoms with Crippen LogP contribution >= 0.6 is 0 Å².